The van der Waals surface area contributed by atoms with Gasteiger partial charge >= 0.3 is 0 Å². The van der Waals surface area contributed by atoms with Crippen molar-refractivity contribution in [3.05, 3.63) is 77.4 Å². The fourth-order valence-electron chi connectivity index (χ4n) is 5.28. The molecule has 242 valence electrons. The van der Waals surface area contributed by atoms with E-state index in [0.29, 0.717) is 5.56 Å². The van der Waals surface area contributed by atoms with E-state index in [1.54, 1.807) is 45.3 Å². The number of aryl methyl sites for hydroxylation is 1. The van der Waals surface area contributed by atoms with Gasteiger partial charge in [0.25, 0.3) is 15.9 Å². The summed E-state index contributed by atoms with van der Waals surface area (Å²) in [5.74, 6) is -1.54. The number of amides is 3. The lowest BCUT2D eigenvalue weighted by Gasteiger charge is -2.40. The summed E-state index contributed by atoms with van der Waals surface area (Å²) < 4.78 is 28.0. The van der Waals surface area contributed by atoms with Crippen molar-refractivity contribution in [2.45, 2.75) is 90.7 Å². The van der Waals surface area contributed by atoms with E-state index in [4.69, 9.17) is 0 Å². The van der Waals surface area contributed by atoms with Gasteiger partial charge in [0.05, 0.1) is 17.0 Å². The number of nitrogens with one attached hydrogen (secondary N) is 3. The van der Waals surface area contributed by atoms with Crippen molar-refractivity contribution >= 4 is 27.7 Å². The molecule has 3 amide bonds. The van der Waals surface area contributed by atoms with Crippen LogP contribution in [0.25, 0.3) is 0 Å². The van der Waals surface area contributed by atoms with Gasteiger partial charge in [0.1, 0.15) is 6.04 Å². The highest BCUT2D eigenvalue weighted by atomic mass is 32.2. The molecule has 3 atom stereocenters. The number of rotatable bonds is 12. The number of sulfonamides is 1. The summed E-state index contributed by atoms with van der Waals surface area (Å²) in [5.41, 5.74) is 0.423. The Morgan fingerprint density at radius 3 is 1.93 bits per heavy atom. The number of benzene rings is 2. The summed E-state index contributed by atoms with van der Waals surface area (Å²) in [4.78, 5) is 42.4. The Balaban J connectivity index is 2.34. The van der Waals surface area contributed by atoms with Gasteiger partial charge in [-0.3, -0.25) is 14.4 Å². The lowest BCUT2D eigenvalue weighted by molar-refractivity contribution is -0.140. The number of nitrogens with zero attached hydrogens (tertiary/aromatic N) is 1. The van der Waals surface area contributed by atoms with Crippen molar-refractivity contribution in [3.63, 3.8) is 0 Å². The molecule has 0 aliphatic carbocycles. The Hall–Kier alpha value is -3.50. The van der Waals surface area contributed by atoms with Crippen LogP contribution in [0.15, 0.2) is 71.1 Å². The Kier molecular flexibility index (Phi) is 12.1. The molecule has 2 aromatic carbocycles. The molecule has 1 unspecified atom stereocenters. The minimum Gasteiger partial charge on any atom is -0.342 e. The summed E-state index contributed by atoms with van der Waals surface area (Å²) in [5, 5.41) is 6.16. The predicted octanol–water partition coefficient (Wildman–Crippen LogP) is 4.33. The number of carbonyl (C=O) groups excluding carboxylic acids is 3. The van der Waals surface area contributed by atoms with Crippen LogP contribution < -0.4 is 15.4 Å². The number of carbonyl (C=O) groups is 3. The Bertz CT molecular complexity index is 1460. The van der Waals surface area contributed by atoms with Crippen molar-refractivity contribution < 1.29 is 22.8 Å². The molecule has 0 saturated heterocycles. The van der Waals surface area contributed by atoms with E-state index in [-0.39, 0.29) is 28.2 Å². The van der Waals surface area contributed by atoms with Crippen molar-refractivity contribution in [2.75, 3.05) is 14.1 Å². The van der Waals surface area contributed by atoms with Gasteiger partial charge in [-0.1, -0.05) is 103 Å². The molecular formula is C34H50N4O5S. The molecular weight excluding hydrogens is 576 g/mol. The molecule has 0 aliphatic rings. The average Bonchev–Trinajstić information content (AvgIpc) is 2.93. The van der Waals surface area contributed by atoms with E-state index in [2.05, 4.69) is 15.4 Å². The maximum Gasteiger partial charge on any atom is 0.264 e. The van der Waals surface area contributed by atoms with Crippen LogP contribution in [-0.2, 0) is 29.8 Å². The van der Waals surface area contributed by atoms with Gasteiger partial charge in [-0.15, -0.1) is 0 Å². The fraction of sp³-hybridized carbons (Fsp3) is 0.500. The Morgan fingerprint density at radius 1 is 0.886 bits per heavy atom. The SMILES string of the molecule is CNC(C(=O)N[C@H](C(=O)N(C)[C@H](/C=C(\C)C(=O)NS(=O)(=O)c1ccccc1C)C(C)C)C(C)(C)C)C(C)(C)c1ccccc1. The van der Waals surface area contributed by atoms with Crippen LogP contribution in [0.5, 0.6) is 0 Å². The van der Waals surface area contributed by atoms with Crippen LogP contribution >= 0.6 is 0 Å². The summed E-state index contributed by atoms with van der Waals surface area (Å²) >= 11 is 0. The molecule has 2 rings (SSSR count). The molecule has 0 spiro atoms. The summed E-state index contributed by atoms with van der Waals surface area (Å²) in [6, 6.07) is 14.1. The minimum absolute atomic E-state index is 0.0212. The molecule has 9 nitrogen and oxygen atoms in total. The first-order valence-corrected chi connectivity index (χ1v) is 16.3. The average molecular weight is 627 g/mol. The maximum absolute atomic E-state index is 14.1. The Morgan fingerprint density at radius 2 is 1.43 bits per heavy atom. The second kappa shape index (κ2) is 14.5. The molecule has 44 heavy (non-hydrogen) atoms. The van der Waals surface area contributed by atoms with Crippen LogP contribution in [-0.4, -0.2) is 63.3 Å². The highest BCUT2D eigenvalue weighted by Crippen LogP contribution is 2.29. The molecule has 0 aromatic heterocycles. The summed E-state index contributed by atoms with van der Waals surface area (Å²) in [7, 11) is -0.736. The molecule has 0 radical (unpaired) electrons. The zero-order valence-corrected chi connectivity index (χ0v) is 28.8. The van der Waals surface area contributed by atoms with E-state index in [9.17, 15) is 22.8 Å². The number of hydrogen-bond donors (Lipinski definition) is 3. The van der Waals surface area contributed by atoms with Gasteiger partial charge in [0.15, 0.2) is 0 Å². The minimum atomic E-state index is -4.09. The highest BCUT2D eigenvalue weighted by Gasteiger charge is 2.41. The summed E-state index contributed by atoms with van der Waals surface area (Å²) in [6.45, 7) is 16.6. The van der Waals surface area contributed by atoms with E-state index in [0.717, 1.165) is 5.56 Å². The van der Waals surface area contributed by atoms with Gasteiger partial charge in [-0.2, -0.15) is 0 Å². The van der Waals surface area contributed by atoms with Gasteiger partial charge in [-0.05, 0) is 49.4 Å². The quantitative estimate of drug-likeness (QED) is 0.302. The first-order chi connectivity index (χ1) is 20.2. The first kappa shape index (κ1) is 36.7. The summed E-state index contributed by atoms with van der Waals surface area (Å²) in [6.07, 6.45) is 1.60. The number of likely N-dealkylation sites (N-methyl/N-ethyl adjacent to an activating group) is 2. The third-order valence-electron chi connectivity index (χ3n) is 8.06. The normalized spacial score (nSPS) is 14.9. The fourth-order valence-corrected chi connectivity index (χ4v) is 6.54. The molecule has 10 heteroatoms. The largest absolute Gasteiger partial charge is 0.342 e. The van der Waals surface area contributed by atoms with Crippen LogP contribution in [0.3, 0.4) is 0 Å². The van der Waals surface area contributed by atoms with Crippen LogP contribution in [0.2, 0.25) is 0 Å². The molecule has 0 fully saturated rings. The third-order valence-corrected chi connectivity index (χ3v) is 9.55. The lowest BCUT2D eigenvalue weighted by atomic mass is 9.76. The van der Waals surface area contributed by atoms with E-state index < -0.39 is 44.9 Å². The molecule has 0 heterocycles. The molecule has 0 saturated carbocycles. The predicted molar refractivity (Wildman–Crippen MR) is 175 cm³/mol. The monoisotopic (exact) mass is 626 g/mol. The first-order valence-electron chi connectivity index (χ1n) is 14.9. The van der Waals surface area contributed by atoms with Crippen molar-refractivity contribution in [3.8, 4) is 0 Å². The molecule has 0 aliphatic heterocycles. The van der Waals surface area contributed by atoms with E-state index >= 15 is 0 Å². The van der Waals surface area contributed by atoms with Crippen LogP contribution in [0, 0.1) is 18.3 Å². The van der Waals surface area contributed by atoms with Crippen LogP contribution in [0.4, 0.5) is 0 Å². The smallest absolute Gasteiger partial charge is 0.264 e. The van der Waals surface area contributed by atoms with Gasteiger partial charge in [-0.25, -0.2) is 13.1 Å². The zero-order chi connectivity index (χ0) is 33.6. The van der Waals surface area contributed by atoms with Crippen molar-refractivity contribution in [2.24, 2.45) is 11.3 Å². The molecule has 3 N–H and O–H groups in total. The van der Waals surface area contributed by atoms with Crippen molar-refractivity contribution in [1.82, 2.24) is 20.3 Å². The van der Waals surface area contributed by atoms with E-state index in [1.165, 1.54) is 17.9 Å². The molecule has 0 bridgehead atoms. The lowest BCUT2D eigenvalue weighted by Crippen LogP contribution is -2.61. The zero-order valence-electron chi connectivity index (χ0n) is 28.0. The maximum atomic E-state index is 14.1. The number of hydrogen-bond acceptors (Lipinski definition) is 6. The van der Waals surface area contributed by atoms with Gasteiger partial charge in [0.2, 0.25) is 11.8 Å². The second-order valence-electron chi connectivity index (χ2n) is 13.4. The van der Waals surface area contributed by atoms with Gasteiger partial charge < -0.3 is 15.5 Å². The molecule has 2 aromatic rings. The second-order valence-corrected chi connectivity index (χ2v) is 15.0. The van der Waals surface area contributed by atoms with E-state index in [1.807, 2.05) is 78.8 Å². The topological polar surface area (TPSA) is 125 Å². The highest BCUT2D eigenvalue weighted by molar-refractivity contribution is 7.90. The van der Waals surface area contributed by atoms with Gasteiger partial charge in [0, 0.05) is 18.0 Å². The van der Waals surface area contributed by atoms with Crippen molar-refractivity contribution in [1.29, 1.82) is 0 Å². The van der Waals surface area contributed by atoms with Crippen LogP contribution in [0.1, 0.15) is 66.5 Å². The third kappa shape index (κ3) is 8.79. The standard InChI is InChI=1S/C34H50N4O5S/c1-22(2)26(21-24(4)30(39)37-44(42,43)27-20-16-15-17-23(27)3)38(11)32(41)29(33(5,6)7)36-31(40)28(35-10)34(8,9)25-18-13-12-14-19-25/h12-22,26,28-29,35H,1-11H3,(H,36,40)(H,37,39)/b24-21+/t26-,28?,29-/m1/s1. The Labute approximate surface area is 263 Å².